The van der Waals surface area contributed by atoms with Gasteiger partial charge in [-0.3, -0.25) is 14.6 Å². The maximum absolute atomic E-state index is 12.4. The number of nitrogens with one attached hydrogen (secondary N) is 2. The summed E-state index contributed by atoms with van der Waals surface area (Å²) >= 11 is 0. The Morgan fingerprint density at radius 3 is 1.77 bits per heavy atom. The molecule has 2 N–H and O–H groups in total. The molecular formula is C25H27N3O2. The minimum Gasteiger partial charge on any atom is -0.352 e. The topological polar surface area (TPSA) is 71.1 Å². The fraction of sp³-hybridized carbons (Fsp3) is 0.240. The quantitative estimate of drug-likeness (QED) is 0.605. The van der Waals surface area contributed by atoms with Gasteiger partial charge < -0.3 is 10.6 Å². The van der Waals surface area contributed by atoms with Gasteiger partial charge in [0.2, 0.25) is 0 Å². The van der Waals surface area contributed by atoms with E-state index < -0.39 is 0 Å². The van der Waals surface area contributed by atoms with E-state index in [1.165, 1.54) is 29.0 Å². The van der Waals surface area contributed by atoms with E-state index in [0.29, 0.717) is 18.7 Å². The van der Waals surface area contributed by atoms with E-state index in [0.717, 1.165) is 18.4 Å². The van der Waals surface area contributed by atoms with Crippen LogP contribution in [0, 0.1) is 13.8 Å². The van der Waals surface area contributed by atoms with Crippen molar-refractivity contribution in [3.05, 3.63) is 100 Å². The van der Waals surface area contributed by atoms with Crippen LogP contribution >= 0.6 is 0 Å². The number of amides is 2. The molecular weight excluding hydrogens is 374 g/mol. The molecule has 0 aliphatic heterocycles. The van der Waals surface area contributed by atoms with Gasteiger partial charge in [-0.2, -0.15) is 0 Å². The zero-order valence-corrected chi connectivity index (χ0v) is 17.4. The van der Waals surface area contributed by atoms with Crippen LogP contribution in [-0.2, 0) is 12.8 Å². The summed E-state index contributed by atoms with van der Waals surface area (Å²) in [6.07, 6.45) is 2.98. The standard InChI is InChI=1S/C25H27N3O2/c1-18-3-7-20(8-4-18)11-14-27-24(29)22-13-16-26-23(17-22)25(30)28-15-12-21-9-5-19(2)6-10-21/h3-10,13,16-17H,11-12,14-15H2,1-2H3,(H,27,29)(H,28,30). The number of carbonyl (C=O) groups excluding carboxylic acids is 2. The molecule has 0 aliphatic carbocycles. The van der Waals surface area contributed by atoms with Gasteiger partial charge in [0.05, 0.1) is 0 Å². The van der Waals surface area contributed by atoms with E-state index in [1.54, 1.807) is 6.07 Å². The van der Waals surface area contributed by atoms with Crippen LogP contribution in [0.25, 0.3) is 0 Å². The number of rotatable bonds is 8. The van der Waals surface area contributed by atoms with Crippen LogP contribution in [0.4, 0.5) is 0 Å². The van der Waals surface area contributed by atoms with Crippen molar-refractivity contribution in [3.63, 3.8) is 0 Å². The smallest absolute Gasteiger partial charge is 0.269 e. The van der Waals surface area contributed by atoms with Gasteiger partial charge in [0.15, 0.2) is 0 Å². The van der Waals surface area contributed by atoms with Crippen LogP contribution in [0.5, 0.6) is 0 Å². The molecule has 0 bridgehead atoms. The van der Waals surface area contributed by atoms with Crippen molar-refractivity contribution < 1.29 is 9.59 Å². The largest absolute Gasteiger partial charge is 0.352 e. The summed E-state index contributed by atoms with van der Waals surface area (Å²) in [6.45, 7) is 5.13. The lowest BCUT2D eigenvalue weighted by molar-refractivity contribution is 0.0949. The number of hydrogen-bond donors (Lipinski definition) is 2. The Hall–Kier alpha value is -3.47. The molecule has 30 heavy (non-hydrogen) atoms. The summed E-state index contributed by atoms with van der Waals surface area (Å²) in [7, 11) is 0. The third-order valence-electron chi connectivity index (χ3n) is 4.89. The van der Waals surface area contributed by atoms with Crippen LogP contribution in [0.15, 0.2) is 66.9 Å². The number of carbonyl (C=O) groups is 2. The third-order valence-corrected chi connectivity index (χ3v) is 4.89. The molecule has 1 heterocycles. The summed E-state index contributed by atoms with van der Waals surface area (Å²) in [6, 6.07) is 19.6. The van der Waals surface area contributed by atoms with Crippen molar-refractivity contribution >= 4 is 11.8 Å². The Labute approximate surface area is 177 Å². The molecule has 2 aromatic carbocycles. The number of pyridine rings is 1. The molecule has 3 aromatic rings. The minimum absolute atomic E-state index is 0.210. The molecule has 0 radical (unpaired) electrons. The van der Waals surface area contributed by atoms with Gasteiger partial charge >= 0.3 is 0 Å². The average Bonchev–Trinajstić information content (AvgIpc) is 2.76. The maximum Gasteiger partial charge on any atom is 0.269 e. The second-order valence-electron chi connectivity index (χ2n) is 7.41. The second-order valence-corrected chi connectivity index (χ2v) is 7.41. The fourth-order valence-electron chi connectivity index (χ4n) is 3.04. The number of hydrogen-bond acceptors (Lipinski definition) is 3. The van der Waals surface area contributed by atoms with Gasteiger partial charge in [0.1, 0.15) is 5.69 Å². The van der Waals surface area contributed by atoms with Crippen LogP contribution in [0.2, 0.25) is 0 Å². The van der Waals surface area contributed by atoms with Crippen LogP contribution in [0.3, 0.4) is 0 Å². The Morgan fingerprint density at radius 2 is 1.23 bits per heavy atom. The zero-order valence-electron chi connectivity index (χ0n) is 17.4. The highest BCUT2D eigenvalue weighted by molar-refractivity contribution is 5.98. The number of aromatic nitrogens is 1. The van der Waals surface area contributed by atoms with Crippen molar-refractivity contribution in [1.82, 2.24) is 15.6 Å². The first kappa shape index (κ1) is 21.2. The van der Waals surface area contributed by atoms with Crippen LogP contribution in [-0.4, -0.2) is 29.9 Å². The Morgan fingerprint density at radius 1 is 0.733 bits per heavy atom. The van der Waals surface area contributed by atoms with Crippen molar-refractivity contribution in [3.8, 4) is 0 Å². The van der Waals surface area contributed by atoms with Crippen molar-refractivity contribution in [1.29, 1.82) is 0 Å². The molecule has 0 saturated carbocycles. The van der Waals surface area contributed by atoms with Gasteiger partial charge in [-0.15, -0.1) is 0 Å². The van der Waals surface area contributed by atoms with Gasteiger partial charge in [-0.05, 0) is 49.9 Å². The monoisotopic (exact) mass is 401 g/mol. The first-order valence-corrected chi connectivity index (χ1v) is 10.1. The SMILES string of the molecule is Cc1ccc(CCNC(=O)c2ccnc(C(=O)NCCc3ccc(C)cc3)c2)cc1. The lowest BCUT2D eigenvalue weighted by Crippen LogP contribution is -2.28. The summed E-state index contributed by atoms with van der Waals surface area (Å²) in [5.41, 5.74) is 5.42. The molecule has 0 spiro atoms. The van der Waals surface area contributed by atoms with Gasteiger partial charge in [-0.25, -0.2) is 0 Å². The summed E-state index contributed by atoms with van der Waals surface area (Å²) in [5, 5.41) is 5.76. The molecule has 1 aromatic heterocycles. The van der Waals surface area contributed by atoms with E-state index in [4.69, 9.17) is 0 Å². The average molecular weight is 402 g/mol. The summed E-state index contributed by atoms with van der Waals surface area (Å²) in [4.78, 5) is 28.9. The molecule has 0 atom stereocenters. The van der Waals surface area contributed by atoms with Crippen molar-refractivity contribution in [2.24, 2.45) is 0 Å². The van der Waals surface area contributed by atoms with Crippen molar-refractivity contribution in [2.45, 2.75) is 26.7 Å². The van der Waals surface area contributed by atoms with E-state index in [2.05, 4.69) is 64.1 Å². The molecule has 3 rings (SSSR count). The van der Waals surface area contributed by atoms with Crippen molar-refractivity contribution in [2.75, 3.05) is 13.1 Å². The predicted octanol–water partition coefficient (Wildman–Crippen LogP) is 3.64. The van der Waals surface area contributed by atoms with Gasteiger partial charge in [0, 0.05) is 24.8 Å². The summed E-state index contributed by atoms with van der Waals surface area (Å²) < 4.78 is 0. The van der Waals surface area contributed by atoms with E-state index in [1.807, 2.05) is 13.8 Å². The molecule has 154 valence electrons. The highest BCUT2D eigenvalue weighted by atomic mass is 16.2. The Bertz CT molecular complexity index is 917. The number of benzene rings is 2. The third kappa shape index (κ3) is 6.27. The summed E-state index contributed by atoms with van der Waals surface area (Å²) in [5.74, 6) is -0.491. The zero-order chi connectivity index (χ0) is 21.3. The molecule has 0 saturated heterocycles. The predicted molar refractivity (Wildman–Crippen MR) is 119 cm³/mol. The number of nitrogens with zero attached hydrogens (tertiary/aromatic N) is 1. The highest BCUT2D eigenvalue weighted by Gasteiger charge is 2.11. The lowest BCUT2D eigenvalue weighted by atomic mass is 10.1. The number of aryl methyl sites for hydroxylation is 2. The normalized spacial score (nSPS) is 10.5. The maximum atomic E-state index is 12.4. The molecule has 0 fully saturated rings. The minimum atomic E-state index is -0.281. The van der Waals surface area contributed by atoms with E-state index in [-0.39, 0.29) is 17.5 Å². The molecule has 5 heteroatoms. The van der Waals surface area contributed by atoms with Crippen LogP contribution in [0.1, 0.15) is 43.1 Å². The lowest BCUT2D eigenvalue weighted by Gasteiger charge is -2.08. The molecule has 2 amide bonds. The van der Waals surface area contributed by atoms with Gasteiger partial charge in [0.25, 0.3) is 11.8 Å². The molecule has 0 aliphatic rings. The first-order chi connectivity index (χ1) is 14.5. The Balaban J connectivity index is 1.48. The first-order valence-electron chi connectivity index (χ1n) is 10.1. The van der Waals surface area contributed by atoms with E-state index in [9.17, 15) is 9.59 Å². The second kappa shape index (κ2) is 10.3. The van der Waals surface area contributed by atoms with Crippen LogP contribution < -0.4 is 10.6 Å². The van der Waals surface area contributed by atoms with Gasteiger partial charge in [-0.1, -0.05) is 59.7 Å². The molecule has 0 unspecified atom stereocenters. The fourth-order valence-corrected chi connectivity index (χ4v) is 3.04. The highest BCUT2D eigenvalue weighted by Crippen LogP contribution is 2.06. The Kier molecular flexibility index (Phi) is 7.33. The molecule has 5 nitrogen and oxygen atoms in total. The van der Waals surface area contributed by atoms with E-state index >= 15 is 0 Å².